The van der Waals surface area contributed by atoms with E-state index in [4.69, 9.17) is 5.26 Å². The molecule has 0 fully saturated rings. The Morgan fingerprint density at radius 2 is 2.19 bits per heavy atom. The van der Waals surface area contributed by atoms with Crippen molar-refractivity contribution in [2.24, 2.45) is 4.99 Å². The first kappa shape index (κ1) is 14.8. The lowest BCUT2D eigenvalue weighted by molar-refractivity contribution is 0.656. The molecule has 0 amide bonds. The molecule has 0 bridgehead atoms. The summed E-state index contributed by atoms with van der Waals surface area (Å²) in [5, 5.41) is 17.3. The van der Waals surface area contributed by atoms with Gasteiger partial charge in [-0.25, -0.2) is 4.98 Å². The van der Waals surface area contributed by atoms with Crippen LogP contribution in [0, 0.1) is 11.5 Å². The number of rotatable bonds is 6. The van der Waals surface area contributed by atoms with Crippen LogP contribution in [-0.4, -0.2) is 42.6 Å². The number of aromatic nitrogens is 2. The Morgan fingerprint density at radius 3 is 2.95 bits per heavy atom. The number of para-hydroxylation sites is 2. The van der Waals surface area contributed by atoms with Crippen LogP contribution in [0.4, 0.5) is 0 Å². The van der Waals surface area contributed by atoms with Gasteiger partial charge >= 0.3 is 0 Å². The first-order chi connectivity index (χ1) is 10.3. The normalized spacial score (nSPS) is 11.3. The van der Waals surface area contributed by atoms with Crippen molar-refractivity contribution in [2.75, 3.05) is 26.7 Å². The Kier molecular flexibility index (Phi) is 5.55. The van der Waals surface area contributed by atoms with E-state index in [1.165, 1.54) is 0 Å². The molecule has 0 unspecified atom stereocenters. The van der Waals surface area contributed by atoms with Crippen LogP contribution >= 0.6 is 0 Å². The van der Waals surface area contributed by atoms with Crippen molar-refractivity contribution >= 4 is 17.0 Å². The minimum absolute atomic E-state index is 0.483. The van der Waals surface area contributed by atoms with Crippen LogP contribution in [0.1, 0.15) is 5.82 Å². The number of nitrogens with zero attached hydrogens (tertiary/aromatic N) is 3. The fourth-order valence-corrected chi connectivity index (χ4v) is 1.96. The molecule has 4 N–H and O–H groups in total. The van der Waals surface area contributed by atoms with E-state index in [0.717, 1.165) is 36.4 Å². The van der Waals surface area contributed by atoms with Gasteiger partial charge in [-0.05, 0) is 12.1 Å². The van der Waals surface area contributed by atoms with E-state index in [9.17, 15) is 0 Å². The molecule has 0 aliphatic carbocycles. The Bertz CT molecular complexity index is 605. The summed E-state index contributed by atoms with van der Waals surface area (Å²) in [5.74, 6) is 1.47. The van der Waals surface area contributed by atoms with Crippen molar-refractivity contribution in [3.05, 3.63) is 30.1 Å². The van der Waals surface area contributed by atoms with Crippen molar-refractivity contribution in [3.8, 4) is 6.19 Å². The molecule has 0 atom stereocenters. The number of fused-ring (bicyclic) bond motifs is 1. The van der Waals surface area contributed by atoms with E-state index < -0.39 is 0 Å². The van der Waals surface area contributed by atoms with Crippen molar-refractivity contribution < 1.29 is 0 Å². The van der Waals surface area contributed by atoms with Crippen LogP contribution in [0.25, 0.3) is 11.0 Å². The van der Waals surface area contributed by atoms with Gasteiger partial charge in [0, 0.05) is 33.1 Å². The van der Waals surface area contributed by atoms with Crippen LogP contribution < -0.4 is 16.0 Å². The van der Waals surface area contributed by atoms with Crippen molar-refractivity contribution in [1.82, 2.24) is 25.9 Å². The highest BCUT2D eigenvalue weighted by atomic mass is 15.2. The second kappa shape index (κ2) is 7.87. The number of H-pyrrole nitrogens is 1. The number of hydrogen-bond donors (Lipinski definition) is 4. The highest BCUT2D eigenvalue weighted by Crippen LogP contribution is 2.09. The summed E-state index contributed by atoms with van der Waals surface area (Å²) in [4.78, 5) is 11.7. The standard InChI is InChI=1S/C14H19N7/c1-16-14(19-10-15)18-9-8-17-7-6-13-20-11-4-2-3-5-12(11)21-13/h2-5,17H,6-9H2,1H3,(H,20,21)(H2,16,18,19). The molecular weight excluding hydrogens is 266 g/mol. The van der Waals surface area contributed by atoms with Crippen molar-refractivity contribution in [2.45, 2.75) is 6.42 Å². The monoisotopic (exact) mass is 285 g/mol. The van der Waals surface area contributed by atoms with Gasteiger partial charge in [0.25, 0.3) is 0 Å². The molecule has 2 aromatic rings. The maximum atomic E-state index is 8.49. The van der Waals surface area contributed by atoms with Gasteiger partial charge in [-0.2, -0.15) is 5.26 Å². The topological polar surface area (TPSA) is 101 Å². The van der Waals surface area contributed by atoms with Crippen LogP contribution in [0.3, 0.4) is 0 Å². The molecule has 1 aromatic carbocycles. The third kappa shape index (κ3) is 4.47. The number of nitriles is 1. The van der Waals surface area contributed by atoms with Gasteiger partial charge in [0.1, 0.15) is 5.82 Å². The molecule has 1 aromatic heterocycles. The predicted octanol–water partition coefficient (Wildman–Crippen LogP) is 0.341. The van der Waals surface area contributed by atoms with E-state index in [1.54, 1.807) is 7.05 Å². The summed E-state index contributed by atoms with van der Waals surface area (Å²) in [6.45, 7) is 2.32. The minimum Gasteiger partial charge on any atom is -0.354 e. The minimum atomic E-state index is 0.483. The molecule has 7 nitrogen and oxygen atoms in total. The fourth-order valence-electron chi connectivity index (χ4n) is 1.96. The fraction of sp³-hybridized carbons (Fsp3) is 0.357. The molecule has 2 rings (SSSR count). The highest BCUT2D eigenvalue weighted by molar-refractivity contribution is 5.80. The molecule has 7 heteroatoms. The number of nitrogens with one attached hydrogen (secondary N) is 4. The Labute approximate surface area is 123 Å². The number of hydrogen-bond acceptors (Lipinski definition) is 4. The third-order valence-electron chi connectivity index (χ3n) is 2.97. The number of imidazole rings is 1. The predicted molar refractivity (Wildman–Crippen MR) is 82.8 cm³/mol. The zero-order valence-electron chi connectivity index (χ0n) is 12.0. The van der Waals surface area contributed by atoms with Crippen molar-refractivity contribution in [1.29, 1.82) is 5.26 Å². The van der Waals surface area contributed by atoms with Gasteiger partial charge in [0.2, 0.25) is 5.96 Å². The number of guanidine groups is 1. The van der Waals surface area contributed by atoms with Gasteiger partial charge in [0.15, 0.2) is 6.19 Å². The molecule has 21 heavy (non-hydrogen) atoms. The SMILES string of the molecule is CN=C(NC#N)NCCNCCc1nc2ccccc2[nH]1. The average Bonchev–Trinajstić information content (AvgIpc) is 2.92. The molecule has 0 saturated carbocycles. The molecule has 0 spiro atoms. The lowest BCUT2D eigenvalue weighted by Gasteiger charge is -2.07. The van der Waals surface area contributed by atoms with E-state index in [-0.39, 0.29) is 0 Å². The lowest BCUT2D eigenvalue weighted by Crippen LogP contribution is -2.38. The summed E-state index contributed by atoms with van der Waals surface area (Å²) < 4.78 is 0. The van der Waals surface area contributed by atoms with Crippen LogP contribution in [0.5, 0.6) is 0 Å². The number of aromatic amines is 1. The molecule has 0 radical (unpaired) electrons. The molecule has 0 saturated heterocycles. The van der Waals surface area contributed by atoms with Crippen molar-refractivity contribution in [3.63, 3.8) is 0 Å². The van der Waals surface area contributed by atoms with E-state index in [2.05, 4.69) is 30.9 Å². The lowest BCUT2D eigenvalue weighted by atomic mass is 10.3. The van der Waals surface area contributed by atoms with Crippen LogP contribution in [0.2, 0.25) is 0 Å². The summed E-state index contributed by atoms with van der Waals surface area (Å²) in [5.41, 5.74) is 2.07. The van der Waals surface area contributed by atoms with Gasteiger partial charge in [0.05, 0.1) is 11.0 Å². The first-order valence-electron chi connectivity index (χ1n) is 6.83. The third-order valence-corrected chi connectivity index (χ3v) is 2.97. The summed E-state index contributed by atoms with van der Waals surface area (Å²) in [7, 11) is 1.63. The Hall–Kier alpha value is -2.59. The van der Waals surface area contributed by atoms with Gasteiger partial charge in [-0.1, -0.05) is 12.1 Å². The van der Waals surface area contributed by atoms with E-state index in [1.807, 2.05) is 30.5 Å². The van der Waals surface area contributed by atoms with Gasteiger partial charge < -0.3 is 15.6 Å². The van der Waals surface area contributed by atoms with Crippen LogP contribution in [-0.2, 0) is 6.42 Å². The quantitative estimate of drug-likeness (QED) is 0.202. The second-order valence-electron chi connectivity index (χ2n) is 4.44. The molecular formula is C14H19N7. The first-order valence-corrected chi connectivity index (χ1v) is 6.83. The zero-order valence-corrected chi connectivity index (χ0v) is 12.0. The van der Waals surface area contributed by atoms with E-state index >= 15 is 0 Å². The molecule has 110 valence electrons. The zero-order chi connectivity index (χ0) is 14.9. The highest BCUT2D eigenvalue weighted by Gasteiger charge is 2.01. The largest absolute Gasteiger partial charge is 0.354 e. The molecule has 1 heterocycles. The number of aliphatic imine (C=N–C) groups is 1. The summed E-state index contributed by atoms with van der Waals surface area (Å²) in [6, 6.07) is 8.01. The number of benzene rings is 1. The summed E-state index contributed by atoms with van der Waals surface area (Å²) >= 11 is 0. The average molecular weight is 285 g/mol. The van der Waals surface area contributed by atoms with Gasteiger partial charge in [-0.15, -0.1) is 0 Å². The smallest absolute Gasteiger partial charge is 0.204 e. The Balaban J connectivity index is 1.65. The Morgan fingerprint density at radius 1 is 1.33 bits per heavy atom. The summed E-state index contributed by atoms with van der Waals surface area (Å²) in [6.07, 6.45) is 2.68. The van der Waals surface area contributed by atoms with Crippen LogP contribution in [0.15, 0.2) is 29.3 Å². The maximum absolute atomic E-state index is 8.49. The van der Waals surface area contributed by atoms with Gasteiger partial charge in [-0.3, -0.25) is 10.3 Å². The maximum Gasteiger partial charge on any atom is 0.204 e. The van der Waals surface area contributed by atoms with E-state index in [0.29, 0.717) is 12.5 Å². The molecule has 0 aliphatic rings. The molecule has 0 aliphatic heterocycles. The second-order valence-corrected chi connectivity index (χ2v) is 4.44.